The van der Waals surface area contributed by atoms with Crippen LogP contribution >= 0.6 is 0 Å². The molecule has 2 aliphatic rings. The van der Waals surface area contributed by atoms with Crippen molar-refractivity contribution in [2.24, 2.45) is 0 Å². The first kappa shape index (κ1) is 22.5. The molecule has 0 fully saturated rings. The van der Waals surface area contributed by atoms with E-state index in [4.69, 9.17) is 9.47 Å². The van der Waals surface area contributed by atoms with Gasteiger partial charge < -0.3 is 25.1 Å². The third-order valence-corrected chi connectivity index (χ3v) is 5.62. The van der Waals surface area contributed by atoms with E-state index in [0.29, 0.717) is 35.7 Å². The molecule has 2 amide bonds. The molecule has 0 saturated carbocycles. The molecule has 0 bridgehead atoms. The normalized spacial score (nSPS) is 16.7. The van der Waals surface area contributed by atoms with Gasteiger partial charge in [0.05, 0.1) is 24.5 Å². The van der Waals surface area contributed by atoms with Gasteiger partial charge in [-0.05, 0) is 18.2 Å². The third-order valence-electron chi connectivity index (χ3n) is 5.62. The molecule has 1 unspecified atom stereocenters. The van der Waals surface area contributed by atoms with Gasteiger partial charge in [0.2, 0.25) is 5.91 Å². The number of nitrogens with one attached hydrogen (secondary N) is 3. The lowest BCUT2D eigenvalue weighted by molar-refractivity contribution is -0.121. The smallest absolute Gasteiger partial charge is 0.387 e. The molecule has 3 N–H and O–H groups in total. The van der Waals surface area contributed by atoms with Gasteiger partial charge in [-0.3, -0.25) is 9.59 Å². The van der Waals surface area contributed by atoms with E-state index >= 15 is 0 Å². The molecule has 2 aromatic heterocycles. The van der Waals surface area contributed by atoms with Crippen LogP contribution in [0.25, 0.3) is 5.65 Å². The van der Waals surface area contributed by atoms with E-state index < -0.39 is 18.6 Å². The van der Waals surface area contributed by atoms with Gasteiger partial charge in [-0.1, -0.05) is 0 Å². The van der Waals surface area contributed by atoms with Crippen LogP contribution in [-0.2, 0) is 11.2 Å². The molecule has 0 saturated heterocycles. The molecule has 1 atom stereocenters. The van der Waals surface area contributed by atoms with Crippen molar-refractivity contribution in [1.82, 2.24) is 35.7 Å². The topological polar surface area (TPSA) is 122 Å². The number of hydrogen-bond acceptors (Lipinski definition) is 8. The summed E-state index contributed by atoms with van der Waals surface area (Å²) in [5.74, 6) is -0.312. The summed E-state index contributed by atoms with van der Waals surface area (Å²) in [7, 11) is 1.49. The zero-order chi connectivity index (χ0) is 24.5. The molecular weight excluding hydrogens is 464 g/mol. The quantitative estimate of drug-likeness (QED) is 0.456. The van der Waals surface area contributed by atoms with Crippen LogP contribution in [0, 0.1) is 0 Å². The molecule has 5 rings (SSSR count). The van der Waals surface area contributed by atoms with Gasteiger partial charge in [0.15, 0.2) is 5.65 Å². The van der Waals surface area contributed by atoms with Crippen LogP contribution in [0.2, 0.25) is 0 Å². The number of hydrazine groups is 1. The second kappa shape index (κ2) is 9.18. The number of benzene rings is 1. The molecular formula is C22H21F2N7O4. The Labute approximate surface area is 197 Å². The minimum atomic E-state index is -3.05. The minimum Gasteiger partial charge on any atom is -0.493 e. The van der Waals surface area contributed by atoms with Crippen molar-refractivity contribution in [2.45, 2.75) is 19.1 Å². The van der Waals surface area contributed by atoms with E-state index in [9.17, 15) is 18.4 Å². The van der Waals surface area contributed by atoms with Crippen LogP contribution in [0.1, 0.15) is 27.5 Å². The maximum absolute atomic E-state index is 13.2. The molecule has 0 aliphatic carbocycles. The number of fused-ring (bicyclic) bond motifs is 2. The van der Waals surface area contributed by atoms with Gasteiger partial charge in [-0.15, -0.1) is 0 Å². The van der Waals surface area contributed by atoms with E-state index in [1.54, 1.807) is 18.3 Å². The number of amides is 2. The first-order chi connectivity index (χ1) is 16.9. The van der Waals surface area contributed by atoms with Crippen LogP contribution < -0.4 is 25.5 Å². The summed E-state index contributed by atoms with van der Waals surface area (Å²) in [4.78, 5) is 29.3. The molecule has 35 heavy (non-hydrogen) atoms. The SMILES string of the molecule is CNC(=O)CN1C=C(NC(=O)c2cnn3cccnc23)C(c2cc3c(cc2OC(F)F)CCO3)N1. The highest BCUT2D eigenvalue weighted by molar-refractivity contribution is 6.00. The predicted octanol–water partition coefficient (Wildman–Crippen LogP) is 1.14. The van der Waals surface area contributed by atoms with E-state index in [1.165, 1.54) is 41.2 Å². The maximum Gasteiger partial charge on any atom is 0.387 e. The number of alkyl halides is 2. The van der Waals surface area contributed by atoms with Crippen molar-refractivity contribution >= 4 is 17.5 Å². The Morgan fingerprint density at radius 3 is 3.03 bits per heavy atom. The highest BCUT2D eigenvalue weighted by atomic mass is 19.3. The second-order valence-electron chi connectivity index (χ2n) is 7.82. The highest BCUT2D eigenvalue weighted by Crippen LogP contribution is 2.40. The average Bonchev–Trinajstić information content (AvgIpc) is 3.56. The average molecular weight is 485 g/mol. The fourth-order valence-electron chi connectivity index (χ4n) is 4.01. The van der Waals surface area contributed by atoms with Gasteiger partial charge in [0, 0.05) is 43.2 Å². The van der Waals surface area contributed by atoms with E-state index in [0.717, 1.165) is 5.56 Å². The van der Waals surface area contributed by atoms with Crippen molar-refractivity contribution in [3.63, 3.8) is 0 Å². The van der Waals surface area contributed by atoms with E-state index in [2.05, 4.69) is 26.1 Å². The fourth-order valence-corrected chi connectivity index (χ4v) is 4.01. The number of likely N-dealkylation sites (N-methyl/N-ethyl adjacent to an activating group) is 1. The van der Waals surface area contributed by atoms with Crippen LogP contribution in [0.15, 0.2) is 48.7 Å². The Hall–Kier alpha value is -4.26. The van der Waals surface area contributed by atoms with Gasteiger partial charge in [0.25, 0.3) is 5.91 Å². The van der Waals surface area contributed by atoms with Crippen LogP contribution in [0.5, 0.6) is 11.5 Å². The number of nitrogens with zero attached hydrogens (tertiary/aromatic N) is 4. The molecule has 182 valence electrons. The summed E-state index contributed by atoms with van der Waals surface area (Å²) >= 11 is 0. The number of halogens is 2. The molecule has 13 heteroatoms. The Bertz CT molecular complexity index is 1330. The molecule has 11 nitrogen and oxygen atoms in total. The number of carbonyl (C=O) groups excluding carboxylic acids is 2. The lowest BCUT2D eigenvalue weighted by Gasteiger charge is -2.23. The second-order valence-corrected chi connectivity index (χ2v) is 7.82. The first-order valence-electron chi connectivity index (χ1n) is 10.7. The molecule has 1 aromatic carbocycles. The Kier molecular flexibility index (Phi) is 5.91. The number of carbonyl (C=O) groups is 2. The summed E-state index contributed by atoms with van der Waals surface area (Å²) in [5.41, 5.74) is 5.01. The van der Waals surface area contributed by atoms with Gasteiger partial charge in [-0.25, -0.2) is 14.9 Å². The van der Waals surface area contributed by atoms with E-state index in [1.807, 2.05) is 0 Å². The number of aromatic nitrogens is 3. The Morgan fingerprint density at radius 2 is 2.23 bits per heavy atom. The van der Waals surface area contributed by atoms with Gasteiger partial charge >= 0.3 is 6.61 Å². The van der Waals surface area contributed by atoms with Crippen molar-refractivity contribution in [3.05, 3.63) is 65.4 Å². The van der Waals surface area contributed by atoms with Crippen molar-refractivity contribution in [1.29, 1.82) is 0 Å². The molecule has 2 aliphatic heterocycles. The monoisotopic (exact) mass is 485 g/mol. The third kappa shape index (κ3) is 4.45. The molecule has 3 aromatic rings. The number of ether oxygens (including phenoxy) is 2. The van der Waals surface area contributed by atoms with Crippen LogP contribution in [0.4, 0.5) is 8.78 Å². The highest BCUT2D eigenvalue weighted by Gasteiger charge is 2.33. The van der Waals surface area contributed by atoms with Crippen LogP contribution in [0.3, 0.4) is 0 Å². The first-order valence-corrected chi connectivity index (χ1v) is 10.7. The van der Waals surface area contributed by atoms with Gasteiger partial charge in [0.1, 0.15) is 23.6 Å². The van der Waals surface area contributed by atoms with E-state index in [-0.39, 0.29) is 23.8 Å². The lowest BCUT2D eigenvalue weighted by Crippen LogP contribution is -2.39. The lowest BCUT2D eigenvalue weighted by atomic mass is 10.0. The zero-order valence-electron chi connectivity index (χ0n) is 18.5. The Balaban J connectivity index is 1.50. The fraction of sp³-hybridized carbons (Fsp3) is 0.273. The zero-order valence-corrected chi connectivity index (χ0v) is 18.5. The summed E-state index contributed by atoms with van der Waals surface area (Å²) in [6.07, 6.45) is 6.67. The maximum atomic E-state index is 13.2. The van der Waals surface area contributed by atoms with Crippen molar-refractivity contribution in [2.75, 3.05) is 20.2 Å². The summed E-state index contributed by atoms with van der Waals surface area (Å²) in [6.45, 7) is -2.71. The standard InChI is InChI=1S/C22H21F2N7O4/c1-25-18(32)11-30-10-15(28-21(33)14-9-27-31-5-2-4-26-20(14)31)19(29-30)13-8-16-12(3-6-34-16)7-17(13)35-22(23)24/h2,4-5,7-10,19,22,29H,3,6,11H2,1H3,(H,25,32)(H,28,33). The van der Waals surface area contributed by atoms with Crippen molar-refractivity contribution < 1.29 is 27.8 Å². The number of rotatable bonds is 7. The predicted molar refractivity (Wildman–Crippen MR) is 117 cm³/mol. The van der Waals surface area contributed by atoms with Crippen LogP contribution in [-0.4, -0.2) is 58.2 Å². The van der Waals surface area contributed by atoms with Gasteiger partial charge in [-0.2, -0.15) is 13.9 Å². The van der Waals surface area contributed by atoms with Crippen molar-refractivity contribution in [3.8, 4) is 11.5 Å². The summed E-state index contributed by atoms with van der Waals surface area (Å²) in [5, 5.41) is 10.9. The minimum absolute atomic E-state index is 0.0543. The molecule has 0 radical (unpaired) electrons. The molecule has 4 heterocycles. The number of hydrogen-bond donors (Lipinski definition) is 3. The largest absolute Gasteiger partial charge is 0.493 e. The summed E-state index contributed by atoms with van der Waals surface area (Å²) < 4.78 is 38.4. The summed E-state index contributed by atoms with van der Waals surface area (Å²) in [6, 6.07) is 3.99. The molecule has 0 spiro atoms. The Morgan fingerprint density at radius 1 is 1.37 bits per heavy atom.